The normalized spacial score (nSPS) is 12.7. The summed E-state index contributed by atoms with van der Waals surface area (Å²) in [5.41, 5.74) is 1.23. The van der Waals surface area contributed by atoms with Gasteiger partial charge in [-0.25, -0.2) is 0 Å². The quantitative estimate of drug-likeness (QED) is 0.811. The van der Waals surface area contributed by atoms with Crippen LogP contribution in [-0.4, -0.2) is 14.2 Å². The van der Waals surface area contributed by atoms with E-state index in [1.165, 1.54) is 10.4 Å². The smallest absolute Gasteiger partial charge is 0.134 e. The van der Waals surface area contributed by atoms with Crippen LogP contribution in [0.2, 0.25) is 0 Å². The molecule has 2 aromatic heterocycles. The van der Waals surface area contributed by atoms with Crippen LogP contribution in [0.15, 0.2) is 25.1 Å². The van der Waals surface area contributed by atoms with Crippen molar-refractivity contribution in [1.29, 1.82) is 0 Å². The highest BCUT2D eigenvalue weighted by Gasteiger charge is 2.21. The Morgan fingerprint density at radius 1 is 1.41 bits per heavy atom. The summed E-state index contributed by atoms with van der Waals surface area (Å²) in [6, 6.07) is 4.29. The fraction of sp³-hybridized carbons (Fsp3) is 0.273. The molecule has 0 aliphatic carbocycles. The van der Waals surface area contributed by atoms with E-state index in [4.69, 9.17) is 4.74 Å². The van der Waals surface area contributed by atoms with Crippen molar-refractivity contribution in [3.05, 3.63) is 35.5 Å². The maximum Gasteiger partial charge on any atom is 0.134 e. The second-order valence-corrected chi connectivity index (χ2v) is 8.05. The van der Waals surface area contributed by atoms with E-state index in [0.29, 0.717) is 0 Å². The van der Waals surface area contributed by atoms with Gasteiger partial charge in [-0.2, -0.15) is 0 Å². The lowest BCUT2D eigenvalue weighted by atomic mass is 10.1. The number of hydrogen-bond donors (Lipinski definition) is 1. The zero-order chi connectivity index (χ0) is 12.4. The van der Waals surface area contributed by atoms with Crippen molar-refractivity contribution in [1.82, 2.24) is 5.32 Å². The van der Waals surface area contributed by atoms with Gasteiger partial charge < -0.3 is 10.1 Å². The SMILES string of the molecule is CNC(c1cc(Br)sc1Br)c1sccc1OC. The average molecular weight is 397 g/mol. The van der Waals surface area contributed by atoms with E-state index >= 15 is 0 Å². The van der Waals surface area contributed by atoms with Crippen LogP contribution in [0, 0.1) is 0 Å². The highest BCUT2D eigenvalue weighted by Crippen LogP contribution is 2.41. The van der Waals surface area contributed by atoms with Gasteiger partial charge in [0.2, 0.25) is 0 Å². The minimum atomic E-state index is 0.155. The summed E-state index contributed by atoms with van der Waals surface area (Å²) in [4.78, 5) is 1.20. The molecule has 0 amide bonds. The Morgan fingerprint density at radius 3 is 2.71 bits per heavy atom. The summed E-state index contributed by atoms with van der Waals surface area (Å²) in [6.07, 6.45) is 0. The van der Waals surface area contributed by atoms with E-state index in [2.05, 4.69) is 43.2 Å². The number of nitrogens with one attached hydrogen (secondary N) is 1. The minimum absolute atomic E-state index is 0.155. The Morgan fingerprint density at radius 2 is 2.18 bits per heavy atom. The molecule has 17 heavy (non-hydrogen) atoms. The van der Waals surface area contributed by atoms with Gasteiger partial charge in [0.05, 0.1) is 25.6 Å². The Bertz CT molecular complexity index is 509. The molecular weight excluding hydrogens is 386 g/mol. The van der Waals surface area contributed by atoms with Crippen molar-refractivity contribution in [2.75, 3.05) is 14.2 Å². The van der Waals surface area contributed by atoms with Crippen molar-refractivity contribution < 1.29 is 4.74 Å². The van der Waals surface area contributed by atoms with E-state index in [9.17, 15) is 0 Å². The molecule has 2 nitrogen and oxygen atoms in total. The van der Waals surface area contributed by atoms with E-state index in [0.717, 1.165) is 13.3 Å². The van der Waals surface area contributed by atoms with Gasteiger partial charge in [0, 0.05) is 5.56 Å². The third kappa shape index (κ3) is 2.76. The van der Waals surface area contributed by atoms with Crippen molar-refractivity contribution in [3.63, 3.8) is 0 Å². The average Bonchev–Trinajstić information content (AvgIpc) is 2.88. The van der Waals surface area contributed by atoms with Crippen LogP contribution in [-0.2, 0) is 0 Å². The van der Waals surface area contributed by atoms with E-state index in [-0.39, 0.29) is 6.04 Å². The van der Waals surface area contributed by atoms with Gasteiger partial charge in [-0.3, -0.25) is 0 Å². The lowest BCUT2D eigenvalue weighted by Gasteiger charge is -2.15. The molecule has 0 aliphatic rings. The first kappa shape index (κ1) is 13.5. The third-order valence-corrected chi connectivity index (χ3v) is 5.77. The highest BCUT2D eigenvalue weighted by molar-refractivity contribution is 9.12. The predicted octanol–water partition coefficient (Wildman–Crippen LogP) is 4.65. The molecular formula is C11H11Br2NOS2. The maximum atomic E-state index is 5.38. The molecule has 0 aliphatic heterocycles. The summed E-state index contributed by atoms with van der Waals surface area (Å²) in [6.45, 7) is 0. The van der Waals surface area contributed by atoms with Crippen LogP contribution in [0.3, 0.4) is 0 Å². The van der Waals surface area contributed by atoms with Gasteiger partial charge in [-0.15, -0.1) is 22.7 Å². The fourth-order valence-corrected chi connectivity index (χ4v) is 5.55. The Labute approximate surface area is 125 Å². The van der Waals surface area contributed by atoms with Crippen molar-refractivity contribution in [2.24, 2.45) is 0 Å². The number of hydrogen-bond acceptors (Lipinski definition) is 4. The van der Waals surface area contributed by atoms with Gasteiger partial charge in [-0.05, 0) is 56.4 Å². The molecule has 2 heterocycles. The summed E-state index contributed by atoms with van der Waals surface area (Å²) in [5, 5.41) is 5.39. The standard InChI is InChI=1S/C11H11Br2NOS2/c1-14-9(6-5-8(12)17-11(6)13)10-7(15-2)3-4-16-10/h3-5,9,14H,1-2H3. The van der Waals surface area contributed by atoms with Crippen LogP contribution >= 0.6 is 54.5 Å². The van der Waals surface area contributed by atoms with E-state index in [1.54, 1.807) is 29.8 Å². The Hall–Kier alpha value is 0.120. The van der Waals surface area contributed by atoms with E-state index in [1.807, 2.05) is 18.5 Å². The molecule has 1 atom stereocenters. The fourth-order valence-electron chi connectivity index (χ4n) is 1.67. The van der Waals surface area contributed by atoms with Gasteiger partial charge >= 0.3 is 0 Å². The van der Waals surface area contributed by atoms with Gasteiger partial charge in [0.1, 0.15) is 5.75 Å². The molecule has 0 radical (unpaired) electrons. The Balaban J connectivity index is 2.43. The van der Waals surface area contributed by atoms with Crippen LogP contribution < -0.4 is 10.1 Å². The molecule has 0 saturated carbocycles. The van der Waals surface area contributed by atoms with E-state index < -0.39 is 0 Å². The molecule has 2 rings (SSSR count). The highest BCUT2D eigenvalue weighted by atomic mass is 79.9. The van der Waals surface area contributed by atoms with Crippen molar-refractivity contribution in [3.8, 4) is 5.75 Å². The molecule has 0 bridgehead atoms. The topological polar surface area (TPSA) is 21.3 Å². The Kier molecular flexibility index (Phi) is 4.65. The lowest BCUT2D eigenvalue weighted by Crippen LogP contribution is -2.16. The summed E-state index contributed by atoms with van der Waals surface area (Å²) in [7, 11) is 3.67. The summed E-state index contributed by atoms with van der Waals surface area (Å²) >= 11 is 10.5. The third-order valence-electron chi connectivity index (χ3n) is 2.42. The lowest BCUT2D eigenvalue weighted by molar-refractivity contribution is 0.408. The summed E-state index contributed by atoms with van der Waals surface area (Å²) in [5.74, 6) is 0.934. The second-order valence-electron chi connectivity index (χ2n) is 3.35. The second kappa shape index (κ2) is 5.84. The molecule has 0 aromatic carbocycles. The van der Waals surface area contributed by atoms with Crippen LogP contribution in [0.1, 0.15) is 16.5 Å². The van der Waals surface area contributed by atoms with Crippen LogP contribution in [0.4, 0.5) is 0 Å². The monoisotopic (exact) mass is 395 g/mol. The molecule has 2 aromatic rings. The molecule has 6 heteroatoms. The minimum Gasteiger partial charge on any atom is -0.496 e. The number of rotatable bonds is 4. The zero-order valence-corrected chi connectivity index (χ0v) is 14.1. The van der Waals surface area contributed by atoms with Gasteiger partial charge in [0.25, 0.3) is 0 Å². The number of methoxy groups -OCH3 is 1. The van der Waals surface area contributed by atoms with Gasteiger partial charge in [-0.1, -0.05) is 0 Å². The number of halogens is 2. The first-order chi connectivity index (χ1) is 8.17. The molecule has 0 fully saturated rings. The molecule has 0 spiro atoms. The maximum absolute atomic E-state index is 5.38. The predicted molar refractivity (Wildman–Crippen MR) is 81.5 cm³/mol. The van der Waals surface area contributed by atoms with Crippen molar-refractivity contribution >= 4 is 54.5 Å². The van der Waals surface area contributed by atoms with Gasteiger partial charge in [0.15, 0.2) is 0 Å². The number of thiophene rings is 2. The van der Waals surface area contributed by atoms with Crippen LogP contribution in [0.25, 0.3) is 0 Å². The molecule has 1 unspecified atom stereocenters. The largest absolute Gasteiger partial charge is 0.496 e. The molecule has 92 valence electrons. The summed E-state index contributed by atoms with van der Waals surface area (Å²) < 4.78 is 7.64. The zero-order valence-electron chi connectivity index (χ0n) is 9.29. The van der Waals surface area contributed by atoms with Crippen LogP contribution in [0.5, 0.6) is 5.75 Å². The van der Waals surface area contributed by atoms with Crippen molar-refractivity contribution in [2.45, 2.75) is 6.04 Å². The number of ether oxygens (including phenoxy) is 1. The molecule has 0 saturated heterocycles. The first-order valence-corrected chi connectivity index (χ1v) is 8.19. The molecule has 1 N–H and O–H groups in total. The first-order valence-electron chi connectivity index (χ1n) is 4.90.